The van der Waals surface area contributed by atoms with Crippen molar-refractivity contribution in [2.45, 2.75) is 32.5 Å². The van der Waals surface area contributed by atoms with Crippen molar-refractivity contribution < 1.29 is 22.7 Å². The van der Waals surface area contributed by atoms with Gasteiger partial charge in [-0.25, -0.2) is 0 Å². The first-order valence-corrected chi connectivity index (χ1v) is 7.27. The maximum absolute atomic E-state index is 12.6. The van der Waals surface area contributed by atoms with Gasteiger partial charge in [0.1, 0.15) is 0 Å². The molecule has 1 amide bonds. The summed E-state index contributed by atoms with van der Waals surface area (Å²) < 4.78 is 43.5. The Morgan fingerprint density at radius 1 is 1.38 bits per heavy atom. The maximum Gasteiger partial charge on any atom is 0.416 e. The number of alkyl halides is 3. The quantitative estimate of drug-likeness (QED) is 0.771. The van der Waals surface area contributed by atoms with Crippen molar-refractivity contribution in [2.75, 3.05) is 13.2 Å². The Labute approximate surface area is 130 Å². The van der Waals surface area contributed by atoms with Crippen molar-refractivity contribution in [2.24, 2.45) is 0 Å². The summed E-state index contributed by atoms with van der Waals surface area (Å²) in [6.07, 6.45) is -3.76. The summed E-state index contributed by atoms with van der Waals surface area (Å²) in [7, 11) is 0. The highest BCUT2D eigenvalue weighted by Gasteiger charge is 2.31. The monoisotopic (exact) mass is 367 g/mol. The molecule has 1 rings (SSSR count). The minimum Gasteiger partial charge on any atom is -0.379 e. The summed E-state index contributed by atoms with van der Waals surface area (Å²) >= 11 is 3.09. The van der Waals surface area contributed by atoms with Gasteiger partial charge in [-0.1, -0.05) is 0 Å². The number of carbonyl (C=O) groups excluding carboxylic acids is 1. The topological polar surface area (TPSA) is 38.3 Å². The zero-order valence-electron chi connectivity index (χ0n) is 11.8. The van der Waals surface area contributed by atoms with Crippen LogP contribution < -0.4 is 5.32 Å². The molecule has 7 heteroatoms. The van der Waals surface area contributed by atoms with E-state index >= 15 is 0 Å². The van der Waals surface area contributed by atoms with Gasteiger partial charge in [0.2, 0.25) is 0 Å². The first-order valence-electron chi connectivity index (χ1n) is 6.48. The van der Waals surface area contributed by atoms with Crippen molar-refractivity contribution in [3.63, 3.8) is 0 Å². The van der Waals surface area contributed by atoms with Crippen molar-refractivity contribution in [1.29, 1.82) is 0 Å². The number of ether oxygens (including phenoxy) is 1. The van der Waals surface area contributed by atoms with Gasteiger partial charge in [-0.2, -0.15) is 13.2 Å². The molecule has 0 radical (unpaired) electrons. The van der Waals surface area contributed by atoms with Crippen molar-refractivity contribution >= 4 is 21.8 Å². The summed E-state index contributed by atoms with van der Waals surface area (Å²) in [5.74, 6) is -0.544. The van der Waals surface area contributed by atoms with Gasteiger partial charge in [-0.15, -0.1) is 0 Å². The highest BCUT2D eigenvalue weighted by molar-refractivity contribution is 9.10. The van der Waals surface area contributed by atoms with Crippen LogP contribution in [0.15, 0.2) is 22.7 Å². The minimum absolute atomic E-state index is 0.0328. The van der Waals surface area contributed by atoms with Gasteiger partial charge in [-0.3, -0.25) is 4.79 Å². The molecule has 0 aromatic heterocycles. The maximum atomic E-state index is 12.6. The van der Waals surface area contributed by atoms with E-state index in [9.17, 15) is 18.0 Å². The number of hydrogen-bond donors (Lipinski definition) is 1. The van der Waals surface area contributed by atoms with Gasteiger partial charge in [0.05, 0.1) is 17.2 Å². The number of halogens is 4. The first kappa shape index (κ1) is 18.0. The third-order valence-electron chi connectivity index (χ3n) is 2.60. The number of amides is 1. The van der Waals surface area contributed by atoms with Crippen LogP contribution in [0.5, 0.6) is 0 Å². The number of carbonyl (C=O) groups is 1. The van der Waals surface area contributed by atoms with Crippen LogP contribution in [0, 0.1) is 0 Å². The molecule has 0 fully saturated rings. The first-order chi connectivity index (χ1) is 9.71. The second kappa shape index (κ2) is 7.79. The van der Waals surface area contributed by atoms with Crippen LogP contribution in [0.25, 0.3) is 0 Å². The summed E-state index contributed by atoms with van der Waals surface area (Å²) in [5.41, 5.74) is -0.881. The molecule has 0 spiro atoms. The summed E-state index contributed by atoms with van der Waals surface area (Å²) in [4.78, 5) is 11.9. The van der Waals surface area contributed by atoms with E-state index in [4.69, 9.17) is 4.74 Å². The molecule has 1 N–H and O–H groups in total. The number of rotatable bonds is 6. The van der Waals surface area contributed by atoms with Crippen molar-refractivity contribution in [3.05, 3.63) is 33.8 Å². The molecule has 3 nitrogen and oxygen atoms in total. The Morgan fingerprint density at radius 2 is 2.05 bits per heavy atom. The molecule has 0 saturated heterocycles. The van der Waals surface area contributed by atoms with E-state index < -0.39 is 17.6 Å². The predicted molar refractivity (Wildman–Crippen MR) is 77.2 cm³/mol. The van der Waals surface area contributed by atoms with E-state index in [0.717, 1.165) is 12.1 Å². The van der Waals surface area contributed by atoms with Crippen LogP contribution in [-0.4, -0.2) is 25.2 Å². The standard InChI is InChI=1S/C14H17BrF3NO2/c1-9(2)21-7-3-6-19-13(20)11-8-10(14(16,17)18)4-5-12(11)15/h4-5,8-9H,3,6-7H2,1-2H3,(H,19,20). The van der Waals surface area contributed by atoms with Crippen molar-refractivity contribution in [1.82, 2.24) is 5.32 Å². The van der Waals surface area contributed by atoms with Gasteiger partial charge >= 0.3 is 6.18 Å². The normalized spacial score (nSPS) is 11.8. The summed E-state index contributed by atoms with van der Waals surface area (Å²) in [6, 6.07) is 2.99. The van der Waals surface area contributed by atoms with Crippen LogP contribution in [0.3, 0.4) is 0 Å². The highest BCUT2D eigenvalue weighted by atomic mass is 79.9. The molecule has 0 atom stereocenters. The van der Waals surface area contributed by atoms with Crippen LogP contribution in [0.4, 0.5) is 13.2 Å². The molecule has 0 saturated carbocycles. The van der Waals surface area contributed by atoms with Gasteiger partial charge in [0, 0.05) is 17.6 Å². The molecular formula is C14H17BrF3NO2. The molecule has 118 valence electrons. The van der Waals surface area contributed by atoms with Crippen molar-refractivity contribution in [3.8, 4) is 0 Å². The fourth-order valence-electron chi connectivity index (χ4n) is 1.56. The van der Waals surface area contributed by atoms with E-state index in [2.05, 4.69) is 21.2 Å². The van der Waals surface area contributed by atoms with E-state index in [0.29, 0.717) is 24.0 Å². The molecule has 0 heterocycles. The molecule has 1 aromatic carbocycles. The minimum atomic E-state index is -4.47. The number of benzene rings is 1. The van der Waals surface area contributed by atoms with Crippen LogP contribution in [0.1, 0.15) is 36.2 Å². The fourth-order valence-corrected chi connectivity index (χ4v) is 1.99. The van der Waals surface area contributed by atoms with Crippen LogP contribution in [-0.2, 0) is 10.9 Å². The summed E-state index contributed by atoms with van der Waals surface area (Å²) in [5, 5.41) is 2.58. The Hall–Kier alpha value is -1.08. The van der Waals surface area contributed by atoms with Gasteiger partial charge < -0.3 is 10.1 Å². The van der Waals surface area contributed by atoms with E-state index in [1.165, 1.54) is 6.07 Å². The van der Waals surface area contributed by atoms with E-state index in [1.54, 1.807) is 0 Å². The molecule has 0 aliphatic rings. The largest absolute Gasteiger partial charge is 0.416 e. The lowest BCUT2D eigenvalue weighted by atomic mass is 10.1. The Morgan fingerprint density at radius 3 is 2.62 bits per heavy atom. The molecule has 0 unspecified atom stereocenters. The highest BCUT2D eigenvalue weighted by Crippen LogP contribution is 2.31. The number of hydrogen-bond acceptors (Lipinski definition) is 2. The zero-order valence-corrected chi connectivity index (χ0v) is 13.3. The molecule has 21 heavy (non-hydrogen) atoms. The average molecular weight is 368 g/mol. The van der Waals surface area contributed by atoms with Gasteiger partial charge in [0.15, 0.2) is 0 Å². The molecule has 1 aromatic rings. The average Bonchev–Trinajstić information content (AvgIpc) is 2.36. The Balaban J connectivity index is 2.61. The smallest absolute Gasteiger partial charge is 0.379 e. The molecule has 0 aliphatic heterocycles. The predicted octanol–water partition coefficient (Wildman–Crippen LogP) is 4.01. The molecule has 0 aliphatic carbocycles. The second-order valence-corrected chi connectivity index (χ2v) is 5.58. The molecule has 0 bridgehead atoms. The lowest BCUT2D eigenvalue weighted by Gasteiger charge is -2.11. The molecular weight excluding hydrogens is 351 g/mol. The van der Waals surface area contributed by atoms with E-state index in [-0.39, 0.29) is 11.7 Å². The fraction of sp³-hybridized carbons (Fsp3) is 0.500. The summed E-state index contributed by atoms with van der Waals surface area (Å²) in [6.45, 7) is 4.63. The van der Waals surface area contributed by atoms with Gasteiger partial charge in [0.25, 0.3) is 5.91 Å². The Kier molecular flexibility index (Phi) is 6.67. The second-order valence-electron chi connectivity index (χ2n) is 4.72. The van der Waals surface area contributed by atoms with Crippen LogP contribution in [0.2, 0.25) is 0 Å². The number of nitrogens with one attached hydrogen (secondary N) is 1. The SMILES string of the molecule is CC(C)OCCCNC(=O)c1cc(C(F)(F)F)ccc1Br. The van der Waals surface area contributed by atoms with Crippen LogP contribution >= 0.6 is 15.9 Å². The third-order valence-corrected chi connectivity index (χ3v) is 3.29. The van der Waals surface area contributed by atoms with Gasteiger partial charge in [-0.05, 0) is 54.4 Å². The lowest BCUT2D eigenvalue weighted by Crippen LogP contribution is -2.26. The lowest BCUT2D eigenvalue weighted by molar-refractivity contribution is -0.137. The third kappa shape index (κ3) is 6.05. The Bertz CT molecular complexity index is 490. The van der Waals surface area contributed by atoms with E-state index in [1.807, 2.05) is 13.8 Å². The zero-order chi connectivity index (χ0) is 16.0.